The summed E-state index contributed by atoms with van der Waals surface area (Å²) in [5.74, 6) is 0.859. The van der Waals surface area contributed by atoms with E-state index in [0.29, 0.717) is 0 Å². The molecule has 1 aliphatic rings. The van der Waals surface area contributed by atoms with E-state index in [2.05, 4.69) is 10.2 Å². The number of hydrogen-bond acceptors (Lipinski definition) is 3. The van der Waals surface area contributed by atoms with Crippen molar-refractivity contribution in [2.45, 2.75) is 25.4 Å². The molecule has 2 rings (SSSR count). The van der Waals surface area contributed by atoms with Gasteiger partial charge in [0.15, 0.2) is 0 Å². The second-order valence-electron chi connectivity index (χ2n) is 5.56. The average Bonchev–Trinajstić information content (AvgIpc) is 2.47. The highest BCUT2D eigenvalue weighted by atomic mass is 16.3. The van der Waals surface area contributed by atoms with Crippen LogP contribution in [0.15, 0.2) is 30.3 Å². The highest BCUT2D eigenvalue weighted by Crippen LogP contribution is 2.22. The highest BCUT2D eigenvalue weighted by Gasteiger charge is 2.20. The maximum atomic E-state index is 10.2. The van der Waals surface area contributed by atoms with Crippen LogP contribution in [0.5, 0.6) is 0 Å². The minimum atomic E-state index is -0.352. The summed E-state index contributed by atoms with van der Waals surface area (Å²) < 4.78 is 0. The van der Waals surface area contributed by atoms with E-state index in [1.807, 2.05) is 37.4 Å². The van der Waals surface area contributed by atoms with E-state index >= 15 is 0 Å². The van der Waals surface area contributed by atoms with Gasteiger partial charge in [0, 0.05) is 6.54 Å². The molecule has 106 valence electrons. The minimum absolute atomic E-state index is 0.352. The number of benzene rings is 1. The Hall–Kier alpha value is -0.900. The molecule has 1 heterocycles. The molecule has 1 saturated heterocycles. The molecule has 1 aromatic rings. The first-order valence-corrected chi connectivity index (χ1v) is 7.39. The van der Waals surface area contributed by atoms with Gasteiger partial charge in [0.05, 0.1) is 6.10 Å². The van der Waals surface area contributed by atoms with E-state index in [4.69, 9.17) is 0 Å². The molecule has 1 unspecified atom stereocenters. The van der Waals surface area contributed by atoms with Crippen molar-refractivity contribution in [3.63, 3.8) is 0 Å². The molecule has 0 amide bonds. The van der Waals surface area contributed by atoms with Crippen LogP contribution in [-0.4, -0.2) is 43.2 Å². The van der Waals surface area contributed by atoms with E-state index in [1.54, 1.807) is 0 Å². The largest absolute Gasteiger partial charge is 0.387 e. The van der Waals surface area contributed by atoms with Crippen LogP contribution in [0.1, 0.15) is 30.9 Å². The summed E-state index contributed by atoms with van der Waals surface area (Å²) in [6.07, 6.45) is 3.47. The summed E-state index contributed by atoms with van der Waals surface area (Å²) >= 11 is 0. The molecule has 0 radical (unpaired) electrons. The van der Waals surface area contributed by atoms with Crippen LogP contribution < -0.4 is 5.32 Å². The third-order valence-electron chi connectivity index (χ3n) is 4.13. The van der Waals surface area contributed by atoms with Crippen molar-refractivity contribution in [3.8, 4) is 0 Å². The summed E-state index contributed by atoms with van der Waals surface area (Å²) in [6.45, 7) is 4.14. The Morgan fingerprint density at radius 3 is 2.58 bits per heavy atom. The van der Waals surface area contributed by atoms with Gasteiger partial charge in [-0.05, 0) is 57.4 Å². The zero-order valence-corrected chi connectivity index (χ0v) is 11.9. The minimum Gasteiger partial charge on any atom is -0.387 e. The van der Waals surface area contributed by atoms with E-state index < -0.39 is 0 Å². The molecule has 0 bridgehead atoms. The Morgan fingerprint density at radius 2 is 1.95 bits per heavy atom. The number of likely N-dealkylation sites (tertiary alicyclic amines) is 1. The van der Waals surface area contributed by atoms with Gasteiger partial charge in [0.25, 0.3) is 0 Å². The molecule has 2 N–H and O–H groups in total. The van der Waals surface area contributed by atoms with Crippen molar-refractivity contribution in [1.29, 1.82) is 0 Å². The highest BCUT2D eigenvalue weighted by molar-refractivity contribution is 5.17. The topological polar surface area (TPSA) is 35.5 Å². The molecule has 0 saturated carbocycles. The van der Waals surface area contributed by atoms with Crippen molar-refractivity contribution in [3.05, 3.63) is 35.9 Å². The maximum Gasteiger partial charge on any atom is 0.0916 e. The number of hydrogen-bond donors (Lipinski definition) is 2. The van der Waals surface area contributed by atoms with Gasteiger partial charge >= 0.3 is 0 Å². The third kappa shape index (κ3) is 4.60. The molecule has 3 nitrogen and oxygen atoms in total. The predicted octanol–water partition coefficient (Wildman–Crippen LogP) is 2.04. The number of rotatable bonds is 6. The molecule has 19 heavy (non-hydrogen) atoms. The van der Waals surface area contributed by atoms with Crippen molar-refractivity contribution >= 4 is 0 Å². The van der Waals surface area contributed by atoms with Crippen molar-refractivity contribution < 1.29 is 5.11 Å². The average molecular weight is 262 g/mol. The quantitative estimate of drug-likeness (QED) is 0.823. The summed E-state index contributed by atoms with van der Waals surface area (Å²) in [6, 6.07) is 9.98. The number of aliphatic hydroxyl groups excluding tert-OH is 1. The standard InChI is InChI=1S/C16H26N2O/c1-17-10-7-14-8-11-18(12-9-14)13-16(19)15-5-3-2-4-6-15/h2-6,14,16-17,19H,7-13H2,1H3. The number of piperidine rings is 1. The second-order valence-corrected chi connectivity index (χ2v) is 5.56. The fourth-order valence-electron chi connectivity index (χ4n) is 2.83. The van der Waals surface area contributed by atoms with Crippen LogP contribution in [0.4, 0.5) is 0 Å². The molecule has 1 aromatic carbocycles. The van der Waals surface area contributed by atoms with Gasteiger partial charge in [-0.3, -0.25) is 0 Å². The molecule has 0 spiro atoms. The van der Waals surface area contributed by atoms with Crippen LogP contribution >= 0.6 is 0 Å². The van der Waals surface area contributed by atoms with Gasteiger partial charge in [0.1, 0.15) is 0 Å². The Labute approximate surface area is 116 Å². The van der Waals surface area contributed by atoms with Gasteiger partial charge in [-0.15, -0.1) is 0 Å². The Balaban J connectivity index is 1.73. The summed E-state index contributed by atoms with van der Waals surface area (Å²) in [7, 11) is 2.02. The lowest BCUT2D eigenvalue weighted by Crippen LogP contribution is -2.37. The predicted molar refractivity (Wildman–Crippen MR) is 79.1 cm³/mol. The molecule has 1 atom stereocenters. The lowest BCUT2D eigenvalue weighted by atomic mass is 9.93. The van der Waals surface area contributed by atoms with E-state index in [9.17, 15) is 5.11 Å². The lowest BCUT2D eigenvalue weighted by Gasteiger charge is -2.33. The molecule has 0 aromatic heterocycles. The van der Waals surface area contributed by atoms with Crippen LogP contribution in [0.2, 0.25) is 0 Å². The first-order valence-electron chi connectivity index (χ1n) is 7.39. The van der Waals surface area contributed by atoms with E-state index in [0.717, 1.165) is 37.7 Å². The van der Waals surface area contributed by atoms with Crippen LogP contribution in [0, 0.1) is 5.92 Å². The second kappa shape index (κ2) is 7.63. The first kappa shape index (κ1) is 14.5. The number of nitrogens with zero attached hydrogens (tertiary/aromatic N) is 1. The number of nitrogens with one attached hydrogen (secondary N) is 1. The SMILES string of the molecule is CNCCC1CCN(CC(O)c2ccccc2)CC1. The van der Waals surface area contributed by atoms with Crippen LogP contribution in [-0.2, 0) is 0 Å². The number of β-amino-alcohol motifs (C(OH)–C–C–N with tert-alkyl or cyclic N) is 1. The van der Waals surface area contributed by atoms with E-state index in [-0.39, 0.29) is 6.10 Å². The number of aliphatic hydroxyl groups is 1. The normalized spacial score (nSPS) is 19.5. The molecule has 3 heteroatoms. The fourth-order valence-corrected chi connectivity index (χ4v) is 2.83. The zero-order chi connectivity index (χ0) is 13.5. The molecule has 1 aliphatic heterocycles. The Morgan fingerprint density at radius 1 is 1.26 bits per heavy atom. The van der Waals surface area contributed by atoms with Crippen LogP contribution in [0.25, 0.3) is 0 Å². The molecule has 1 fully saturated rings. The molecular weight excluding hydrogens is 236 g/mol. The van der Waals surface area contributed by atoms with E-state index in [1.165, 1.54) is 19.3 Å². The third-order valence-corrected chi connectivity index (χ3v) is 4.13. The fraction of sp³-hybridized carbons (Fsp3) is 0.625. The smallest absolute Gasteiger partial charge is 0.0916 e. The monoisotopic (exact) mass is 262 g/mol. The van der Waals surface area contributed by atoms with Crippen molar-refractivity contribution in [2.24, 2.45) is 5.92 Å². The van der Waals surface area contributed by atoms with Gasteiger partial charge in [-0.2, -0.15) is 0 Å². The summed E-state index contributed by atoms with van der Waals surface area (Å²) in [5.41, 5.74) is 1.03. The summed E-state index contributed by atoms with van der Waals surface area (Å²) in [4.78, 5) is 2.40. The van der Waals surface area contributed by atoms with Crippen LogP contribution in [0.3, 0.4) is 0 Å². The molecule has 0 aliphatic carbocycles. The van der Waals surface area contributed by atoms with Gasteiger partial charge in [-0.1, -0.05) is 30.3 Å². The lowest BCUT2D eigenvalue weighted by molar-refractivity contribution is 0.0881. The maximum absolute atomic E-state index is 10.2. The summed E-state index contributed by atoms with van der Waals surface area (Å²) in [5, 5.41) is 13.5. The Kier molecular flexibility index (Phi) is 5.83. The first-order chi connectivity index (χ1) is 9.29. The zero-order valence-electron chi connectivity index (χ0n) is 11.9. The molecular formula is C16H26N2O. The van der Waals surface area contributed by atoms with Crippen molar-refractivity contribution in [2.75, 3.05) is 33.2 Å². The van der Waals surface area contributed by atoms with Gasteiger partial charge in [-0.25, -0.2) is 0 Å². The van der Waals surface area contributed by atoms with Gasteiger partial charge in [0.2, 0.25) is 0 Å². The van der Waals surface area contributed by atoms with Gasteiger partial charge < -0.3 is 15.3 Å². The Bertz CT molecular complexity index is 347. The van der Waals surface area contributed by atoms with Crippen molar-refractivity contribution in [1.82, 2.24) is 10.2 Å².